The van der Waals surface area contributed by atoms with E-state index in [4.69, 9.17) is 11.6 Å². The zero-order chi connectivity index (χ0) is 11.5. The largest absolute Gasteiger partial charge is 0.388 e. The van der Waals surface area contributed by atoms with E-state index in [2.05, 4.69) is 0 Å². The summed E-state index contributed by atoms with van der Waals surface area (Å²) < 4.78 is 13.7. The molecule has 0 aliphatic heterocycles. The van der Waals surface area contributed by atoms with E-state index < -0.39 is 11.9 Å². The Labute approximate surface area is 100 Å². The first kappa shape index (κ1) is 11.9. The molecule has 1 aromatic carbocycles. The summed E-state index contributed by atoms with van der Waals surface area (Å²) in [5.41, 5.74) is 0.347. The van der Waals surface area contributed by atoms with Crippen molar-refractivity contribution in [1.29, 1.82) is 0 Å². The summed E-state index contributed by atoms with van der Waals surface area (Å²) in [4.78, 5) is 0. The summed E-state index contributed by atoms with van der Waals surface area (Å²) in [5.74, 6) is -0.288. The third kappa shape index (κ3) is 2.38. The van der Waals surface area contributed by atoms with Gasteiger partial charge in [-0.1, -0.05) is 43.0 Å². The van der Waals surface area contributed by atoms with E-state index in [-0.39, 0.29) is 10.9 Å². The minimum absolute atomic E-state index is 0.0901. The molecule has 1 atom stereocenters. The molecule has 16 heavy (non-hydrogen) atoms. The van der Waals surface area contributed by atoms with Crippen molar-refractivity contribution in [1.82, 2.24) is 0 Å². The highest BCUT2D eigenvalue weighted by Gasteiger charge is 2.25. The molecule has 3 heteroatoms. The molecular weight excluding hydrogens is 227 g/mol. The van der Waals surface area contributed by atoms with Gasteiger partial charge in [-0.3, -0.25) is 0 Å². The summed E-state index contributed by atoms with van der Waals surface area (Å²) >= 11 is 5.71. The highest BCUT2D eigenvalue weighted by molar-refractivity contribution is 6.30. The molecule has 0 aromatic heterocycles. The third-order valence-corrected chi connectivity index (χ3v) is 3.69. The summed E-state index contributed by atoms with van der Waals surface area (Å²) in [7, 11) is 0. The van der Waals surface area contributed by atoms with Crippen molar-refractivity contribution in [2.75, 3.05) is 0 Å². The Kier molecular flexibility index (Phi) is 3.82. The topological polar surface area (TPSA) is 20.2 Å². The maximum absolute atomic E-state index is 13.7. The number of hydrogen-bond acceptors (Lipinski definition) is 1. The lowest BCUT2D eigenvalue weighted by Crippen LogP contribution is -2.17. The average molecular weight is 243 g/mol. The van der Waals surface area contributed by atoms with Crippen LogP contribution in [-0.4, -0.2) is 5.11 Å². The SMILES string of the molecule is OC(c1cccc(Cl)c1F)C1CCCCC1. The Morgan fingerprint density at radius 1 is 1.25 bits per heavy atom. The van der Waals surface area contributed by atoms with Crippen molar-refractivity contribution in [2.24, 2.45) is 5.92 Å². The van der Waals surface area contributed by atoms with Crippen molar-refractivity contribution in [3.05, 3.63) is 34.6 Å². The lowest BCUT2D eigenvalue weighted by atomic mass is 9.82. The molecule has 1 unspecified atom stereocenters. The minimum Gasteiger partial charge on any atom is -0.388 e. The van der Waals surface area contributed by atoms with Crippen molar-refractivity contribution < 1.29 is 9.50 Å². The smallest absolute Gasteiger partial charge is 0.147 e. The zero-order valence-electron chi connectivity index (χ0n) is 9.13. The molecule has 1 nitrogen and oxygen atoms in total. The summed E-state index contributed by atoms with van der Waals surface area (Å²) in [6.45, 7) is 0. The number of hydrogen-bond donors (Lipinski definition) is 1. The molecule has 1 N–H and O–H groups in total. The molecule has 1 aliphatic rings. The van der Waals surface area contributed by atoms with E-state index >= 15 is 0 Å². The van der Waals surface area contributed by atoms with Crippen LogP contribution in [0.4, 0.5) is 4.39 Å². The van der Waals surface area contributed by atoms with Crippen LogP contribution in [0.15, 0.2) is 18.2 Å². The molecule has 1 fully saturated rings. The maximum Gasteiger partial charge on any atom is 0.147 e. The van der Waals surface area contributed by atoms with Crippen LogP contribution in [0.1, 0.15) is 43.8 Å². The van der Waals surface area contributed by atoms with Crippen LogP contribution in [-0.2, 0) is 0 Å². The van der Waals surface area contributed by atoms with Crippen LogP contribution in [0.2, 0.25) is 5.02 Å². The van der Waals surface area contributed by atoms with E-state index in [1.807, 2.05) is 0 Å². The van der Waals surface area contributed by atoms with E-state index in [1.54, 1.807) is 12.1 Å². The van der Waals surface area contributed by atoms with Crippen molar-refractivity contribution in [3.63, 3.8) is 0 Å². The first-order valence-electron chi connectivity index (χ1n) is 5.82. The summed E-state index contributed by atoms with van der Waals surface area (Å²) in [6, 6.07) is 4.82. The maximum atomic E-state index is 13.7. The Morgan fingerprint density at radius 2 is 1.94 bits per heavy atom. The molecule has 88 valence electrons. The number of aliphatic hydroxyl groups is 1. The highest BCUT2D eigenvalue weighted by atomic mass is 35.5. The molecule has 1 aliphatic carbocycles. The van der Waals surface area contributed by atoms with Crippen LogP contribution in [0, 0.1) is 11.7 Å². The van der Waals surface area contributed by atoms with Crippen molar-refractivity contribution in [2.45, 2.75) is 38.2 Å². The molecular formula is C13H16ClFO. The Bertz CT molecular complexity index is 361. The second-order valence-electron chi connectivity index (χ2n) is 4.49. The van der Waals surface area contributed by atoms with Crippen molar-refractivity contribution >= 4 is 11.6 Å². The molecule has 0 bridgehead atoms. The first-order chi connectivity index (χ1) is 7.70. The lowest BCUT2D eigenvalue weighted by Gasteiger charge is -2.27. The van der Waals surface area contributed by atoms with Gasteiger partial charge in [-0.2, -0.15) is 0 Å². The molecule has 1 aromatic rings. The number of benzene rings is 1. The normalized spacial score (nSPS) is 19.7. The van der Waals surface area contributed by atoms with Gasteiger partial charge in [-0.25, -0.2) is 4.39 Å². The van der Waals surface area contributed by atoms with Gasteiger partial charge in [0.25, 0.3) is 0 Å². The summed E-state index contributed by atoms with van der Waals surface area (Å²) in [5, 5.41) is 10.2. The molecule has 1 saturated carbocycles. The summed E-state index contributed by atoms with van der Waals surface area (Å²) in [6.07, 6.45) is 4.73. The highest BCUT2D eigenvalue weighted by Crippen LogP contribution is 2.36. The van der Waals surface area contributed by atoms with Gasteiger partial charge < -0.3 is 5.11 Å². The van der Waals surface area contributed by atoms with Gasteiger partial charge in [0.15, 0.2) is 0 Å². The van der Waals surface area contributed by atoms with E-state index in [0.717, 1.165) is 25.7 Å². The van der Waals surface area contributed by atoms with Gasteiger partial charge in [-0.05, 0) is 24.8 Å². The van der Waals surface area contributed by atoms with Crippen LogP contribution < -0.4 is 0 Å². The first-order valence-corrected chi connectivity index (χ1v) is 6.20. The van der Waals surface area contributed by atoms with E-state index in [0.29, 0.717) is 5.56 Å². The van der Waals surface area contributed by atoms with Gasteiger partial charge in [-0.15, -0.1) is 0 Å². The average Bonchev–Trinajstić information content (AvgIpc) is 2.33. The molecule has 0 saturated heterocycles. The lowest BCUT2D eigenvalue weighted by molar-refractivity contribution is 0.0816. The second-order valence-corrected chi connectivity index (χ2v) is 4.89. The van der Waals surface area contributed by atoms with Crippen LogP contribution in [0.5, 0.6) is 0 Å². The number of rotatable bonds is 2. The Morgan fingerprint density at radius 3 is 2.62 bits per heavy atom. The predicted molar refractivity (Wildman–Crippen MR) is 62.9 cm³/mol. The van der Waals surface area contributed by atoms with Crippen molar-refractivity contribution in [3.8, 4) is 0 Å². The minimum atomic E-state index is -0.709. The van der Waals surface area contributed by atoms with Gasteiger partial charge in [0, 0.05) is 5.56 Å². The predicted octanol–water partition coefficient (Wildman–Crippen LogP) is 4.09. The zero-order valence-corrected chi connectivity index (χ0v) is 9.88. The molecule has 0 radical (unpaired) electrons. The second kappa shape index (κ2) is 5.15. The Hall–Kier alpha value is -0.600. The molecule has 0 amide bonds. The molecule has 2 rings (SSSR count). The number of halogens is 2. The van der Waals surface area contributed by atoms with Gasteiger partial charge in [0.2, 0.25) is 0 Å². The third-order valence-electron chi connectivity index (χ3n) is 3.40. The number of aliphatic hydroxyl groups excluding tert-OH is 1. The van der Waals surface area contributed by atoms with Crippen LogP contribution in [0.3, 0.4) is 0 Å². The van der Waals surface area contributed by atoms with Crippen LogP contribution in [0.25, 0.3) is 0 Å². The molecule has 0 spiro atoms. The van der Waals surface area contributed by atoms with Gasteiger partial charge in [0.1, 0.15) is 5.82 Å². The quantitative estimate of drug-likeness (QED) is 0.828. The fourth-order valence-corrected chi connectivity index (χ4v) is 2.63. The molecule has 0 heterocycles. The van der Waals surface area contributed by atoms with Gasteiger partial charge >= 0.3 is 0 Å². The van der Waals surface area contributed by atoms with Crippen LogP contribution >= 0.6 is 11.6 Å². The monoisotopic (exact) mass is 242 g/mol. The van der Waals surface area contributed by atoms with E-state index in [9.17, 15) is 9.50 Å². The Balaban J connectivity index is 2.19. The van der Waals surface area contributed by atoms with Gasteiger partial charge in [0.05, 0.1) is 11.1 Å². The fraction of sp³-hybridized carbons (Fsp3) is 0.538. The van der Waals surface area contributed by atoms with E-state index in [1.165, 1.54) is 12.5 Å². The fourth-order valence-electron chi connectivity index (χ4n) is 2.45. The standard InChI is InChI=1S/C13H16ClFO/c14-11-8-4-7-10(12(11)15)13(16)9-5-2-1-3-6-9/h4,7-9,13,16H,1-3,5-6H2.